The first-order valence-electron chi connectivity index (χ1n) is 3.61. The summed E-state index contributed by atoms with van der Waals surface area (Å²) in [6.07, 6.45) is 1.34. The molecule has 1 rings (SSSR count). The van der Waals surface area contributed by atoms with E-state index in [4.69, 9.17) is 0 Å². The van der Waals surface area contributed by atoms with Gasteiger partial charge in [0, 0.05) is 0 Å². The fourth-order valence-corrected chi connectivity index (χ4v) is 1.34. The standard InChI is InChI=1S/C8H6FNO3S/c9-14(12,13)8-3-1-7(2-4-8)5-10-6-11/h1-4H,5H2. The molecular weight excluding hydrogens is 209 g/mol. The zero-order chi connectivity index (χ0) is 10.6. The predicted molar refractivity (Wildman–Crippen MR) is 46.6 cm³/mol. The molecule has 0 fully saturated rings. The average molecular weight is 215 g/mol. The molecule has 0 aliphatic heterocycles. The first-order valence-corrected chi connectivity index (χ1v) is 4.99. The minimum Gasteiger partial charge on any atom is -0.211 e. The van der Waals surface area contributed by atoms with Crippen LogP contribution in [0.3, 0.4) is 0 Å². The Morgan fingerprint density at radius 2 is 1.86 bits per heavy atom. The van der Waals surface area contributed by atoms with Crippen molar-refractivity contribution in [2.24, 2.45) is 4.99 Å². The second-order valence-electron chi connectivity index (χ2n) is 2.49. The molecule has 74 valence electrons. The Labute approximate surface area is 80.3 Å². The molecule has 0 aliphatic rings. The van der Waals surface area contributed by atoms with Gasteiger partial charge in [-0.1, -0.05) is 12.1 Å². The number of hydrogen-bond acceptors (Lipinski definition) is 4. The van der Waals surface area contributed by atoms with Gasteiger partial charge in [0.1, 0.15) is 0 Å². The molecule has 0 saturated carbocycles. The minimum atomic E-state index is -4.65. The number of hydrogen-bond donors (Lipinski definition) is 0. The maximum Gasteiger partial charge on any atom is 0.332 e. The molecule has 0 N–H and O–H groups in total. The Balaban J connectivity index is 2.95. The van der Waals surface area contributed by atoms with Gasteiger partial charge >= 0.3 is 10.2 Å². The quantitative estimate of drug-likeness (QED) is 0.432. The summed E-state index contributed by atoms with van der Waals surface area (Å²) in [7, 11) is -4.65. The average Bonchev–Trinajstić information content (AvgIpc) is 2.14. The smallest absolute Gasteiger partial charge is 0.211 e. The third kappa shape index (κ3) is 2.76. The second kappa shape index (κ2) is 4.13. The first-order chi connectivity index (χ1) is 6.54. The summed E-state index contributed by atoms with van der Waals surface area (Å²) < 4.78 is 33.2. The van der Waals surface area contributed by atoms with Crippen LogP contribution in [0.2, 0.25) is 0 Å². The highest BCUT2D eigenvalue weighted by molar-refractivity contribution is 7.86. The molecule has 0 amide bonds. The number of rotatable bonds is 3. The minimum absolute atomic E-state index is 0.107. The fourth-order valence-electron chi connectivity index (χ4n) is 0.881. The summed E-state index contributed by atoms with van der Waals surface area (Å²) in [6, 6.07) is 5.00. The van der Waals surface area contributed by atoms with Crippen molar-refractivity contribution < 1.29 is 17.1 Å². The van der Waals surface area contributed by atoms with E-state index >= 15 is 0 Å². The van der Waals surface area contributed by atoms with Gasteiger partial charge in [-0.3, -0.25) is 0 Å². The number of isocyanates is 1. The summed E-state index contributed by atoms with van der Waals surface area (Å²) in [4.78, 5) is 12.6. The highest BCUT2D eigenvalue weighted by Gasteiger charge is 2.10. The fraction of sp³-hybridized carbons (Fsp3) is 0.125. The highest BCUT2D eigenvalue weighted by atomic mass is 32.3. The van der Waals surface area contributed by atoms with Gasteiger partial charge in [0.2, 0.25) is 6.08 Å². The Morgan fingerprint density at radius 3 is 2.29 bits per heavy atom. The molecule has 0 saturated heterocycles. The Bertz CT molecular complexity index is 460. The lowest BCUT2D eigenvalue weighted by Crippen LogP contribution is -1.91. The Morgan fingerprint density at radius 1 is 1.29 bits per heavy atom. The van der Waals surface area contributed by atoms with Gasteiger partial charge in [-0.2, -0.15) is 8.42 Å². The van der Waals surface area contributed by atoms with Crippen molar-refractivity contribution in [3.05, 3.63) is 29.8 Å². The summed E-state index contributed by atoms with van der Waals surface area (Å²) in [6.45, 7) is 0.107. The molecule has 14 heavy (non-hydrogen) atoms. The lowest BCUT2D eigenvalue weighted by Gasteiger charge is -1.96. The molecule has 0 heterocycles. The van der Waals surface area contributed by atoms with Gasteiger partial charge in [-0.05, 0) is 17.7 Å². The molecule has 0 spiro atoms. The molecule has 0 bridgehead atoms. The van der Waals surface area contributed by atoms with E-state index in [0.29, 0.717) is 5.56 Å². The van der Waals surface area contributed by atoms with Crippen LogP contribution in [0.1, 0.15) is 5.56 Å². The molecule has 1 aromatic carbocycles. The molecular formula is C8H6FNO3S. The SMILES string of the molecule is O=C=NCc1ccc(S(=O)(=O)F)cc1. The van der Waals surface area contributed by atoms with Gasteiger partial charge in [-0.25, -0.2) is 9.79 Å². The third-order valence-electron chi connectivity index (χ3n) is 1.53. The van der Waals surface area contributed by atoms with Gasteiger partial charge in [0.15, 0.2) is 0 Å². The van der Waals surface area contributed by atoms with Crippen LogP contribution in [-0.4, -0.2) is 14.5 Å². The van der Waals surface area contributed by atoms with Crippen molar-refractivity contribution in [3.8, 4) is 0 Å². The molecule has 0 radical (unpaired) electrons. The van der Waals surface area contributed by atoms with Crippen LogP contribution < -0.4 is 0 Å². The molecule has 0 aromatic heterocycles. The van der Waals surface area contributed by atoms with Gasteiger partial charge in [-0.15, -0.1) is 3.89 Å². The maximum atomic E-state index is 12.4. The van der Waals surface area contributed by atoms with Crippen molar-refractivity contribution in [2.75, 3.05) is 0 Å². The van der Waals surface area contributed by atoms with Crippen LogP contribution >= 0.6 is 0 Å². The van der Waals surface area contributed by atoms with Crippen LogP contribution in [0.15, 0.2) is 34.2 Å². The third-order valence-corrected chi connectivity index (χ3v) is 2.37. The van der Waals surface area contributed by atoms with Crippen LogP contribution in [-0.2, 0) is 21.6 Å². The molecule has 1 aromatic rings. The normalized spacial score (nSPS) is 10.6. The van der Waals surface area contributed by atoms with Crippen molar-refractivity contribution in [1.29, 1.82) is 0 Å². The largest absolute Gasteiger partial charge is 0.332 e. The number of benzene rings is 1. The Kier molecular flexibility index (Phi) is 3.11. The summed E-state index contributed by atoms with van der Waals surface area (Å²) in [5.74, 6) is 0. The van der Waals surface area contributed by atoms with Crippen LogP contribution in [0.25, 0.3) is 0 Å². The monoisotopic (exact) mass is 215 g/mol. The highest BCUT2D eigenvalue weighted by Crippen LogP contribution is 2.13. The van der Waals surface area contributed by atoms with Crippen molar-refractivity contribution >= 4 is 16.3 Å². The van der Waals surface area contributed by atoms with E-state index < -0.39 is 15.1 Å². The van der Waals surface area contributed by atoms with E-state index in [1.54, 1.807) is 0 Å². The van der Waals surface area contributed by atoms with E-state index in [1.165, 1.54) is 18.2 Å². The summed E-state index contributed by atoms with van der Waals surface area (Å²) >= 11 is 0. The molecule has 0 unspecified atom stereocenters. The summed E-state index contributed by atoms with van der Waals surface area (Å²) in [5, 5.41) is 0. The van der Waals surface area contributed by atoms with Crippen molar-refractivity contribution in [2.45, 2.75) is 11.4 Å². The van der Waals surface area contributed by atoms with Crippen molar-refractivity contribution in [3.63, 3.8) is 0 Å². The molecule has 6 heteroatoms. The zero-order valence-corrected chi connectivity index (χ0v) is 7.79. The van der Waals surface area contributed by atoms with Crippen molar-refractivity contribution in [1.82, 2.24) is 0 Å². The van der Waals surface area contributed by atoms with E-state index in [0.717, 1.165) is 12.1 Å². The van der Waals surface area contributed by atoms with Crippen LogP contribution in [0.5, 0.6) is 0 Å². The second-order valence-corrected chi connectivity index (χ2v) is 3.84. The number of carbonyl (C=O) groups excluding carboxylic acids is 1. The zero-order valence-electron chi connectivity index (χ0n) is 6.97. The van der Waals surface area contributed by atoms with Gasteiger partial charge < -0.3 is 0 Å². The van der Waals surface area contributed by atoms with E-state index in [1.807, 2.05) is 0 Å². The van der Waals surface area contributed by atoms with E-state index in [-0.39, 0.29) is 6.54 Å². The first kappa shape index (κ1) is 10.6. The van der Waals surface area contributed by atoms with Crippen LogP contribution in [0.4, 0.5) is 3.89 Å². The summed E-state index contributed by atoms with van der Waals surface area (Å²) in [5.41, 5.74) is 0.612. The predicted octanol–water partition coefficient (Wildman–Crippen LogP) is 1.18. The number of nitrogens with zero attached hydrogens (tertiary/aromatic N) is 1. The number of aliphatic imine (C=N–C) groups is 1. The topological polar surface area (TPSA) is 63.6 Å². The van der Waals surface area contributed by atoms with Gasteiger partial charge in [0.05, 0.1) is 11.4 Å². The van der Waals surface area contributed by atoms with E-state index in [2.05, 4.69) is 4.99 Å². The van der Waals surface area contributed by atoms with Crippen LogP contribution in [0, 0.1) is 0 Å². The molecule has 0 atom stereocenters. The Hall–Kier alpha value is -1.52. The lowest BCUT2D eigenvalue weighted by atomic mass is 10.2. The molecule has 0 aliphatic carbocycles. The molecule has 4 nitrogen and oxygen atoms in total. The number of halogens is 1. The lowest BCUT2D eigenvalue weighted by molar-refractivity contribution is 0.552. The maximum absolute atomic E-state index is 12.4. The van der Waals surface area contributed by atoms with Gasteiger partial charge in [0.25, 0.3) is 0 Å². The van der Waals surface area contributed by atoms with E-state index in [9.17, 15) is 17.1 Å².